The van der Waals surface area contributed by atoms with E-state index in [-0.39, 0.29) is 17.0 Å². The molecule has 4 amide bonds. The third-order valence-electron chi connectivity index (χ3n) is 4.10. The molecule has 0 atom stereocenters. The molecule has 0 radical (unpaired) electrons. The molecular weight excluding hydrogens is 421 g/mol. The van der Waals surface area contributed by atoms with E-state index in [1.807, 2.05) is 5.32 Å². The summed E-state index contributed by atoms with van der Waals surface area (Å²) in [6, 6.07) is 8.19. The molecule has 0 aliphatic carbocycles. The first-order valence-electron chi connectivity index (χ1n) is 8.60. The van der Waals surface area contributed by atoms with Gasteiger partial charge in [-0.05, 0) is 30.3 Å². The summed E-state index contributed by atoms with van der Waals surface area (Å²) in [5.74, 6) is -3.43. The van der Waals surface area contributed by atoms with Crippen molar-refractivity contribution in [3.05, 3.63) is 65.2 Å². The molecule has 0 saturated carbocycles. The zero-order valence-electron chi connectivity index (χ0n) is 15.5. The second-order valence-corrected chi connectivity index (χ2v) is 6.23. The molecule has 2 aromatic carbocycles. The van der Waals surface area contributed by atoms with Gasteiger partial charge in [0.2, 0.25) is 0 Å². The van der Waals surface area contributed by atoms with Crippen molar-refractivity contribution >= 4 is 35.6 Å². The monoisotopic (exact) mass is 434 g/mol. The molecule has 0 spiro atoms. The van der Waals surface area contributed by atoms with E-state index in [9.17, 15) is 32.3 Å². The minimum atomic E-state index is -4.71. The zero-order chi connectivity index (χ0) is 22.8. The summed E-state index contributed by atoms with van der Waals surface area (Å²) in [6.45, 7) is -0.685. The molecule has 2 N–H and O–H groups in total. The summed E-state index contributed by atoms with van der Waals surface area (Å²) in [5, 5.41) is 10.7. The second-order valence-electron chi connectivity index (χ2n) is 6.23. The van der Waals surface area contributed by atoms with E-state index in [1.54, 1.807) is 0 Å². The highest BCUT2D eigenvalue weighted by atomic mass is 19.4. The van der Waals surface area contributed by atoms with Gasteiger partial charge in [-0.1, -0.05) is 24.3 Å². The molecule has 160 valence electrons. The zero-order valence-corrected chi connectivity index (χ0v) is 15.5. The van der Waals surface area contributed by atoms with E-state index in [0.717, 1.165) is 24.3 Å². The lowest BCUT2D eigenvalue weighted by molar-refractivity contribution is -0.139. The van der Waals surface area contributed by atoms with Gasteiger partial charge in [-0.2, -0.15) is 13.2 Å². The van der Waals surface area contributed by atoms with E-state index < -0.39 is 47.7 Å². The normalized spacial score (nSPS) is 15.8. The van der Waals surface area contributed by atoms with Crippen molar-refractivity contribution in [1.29, 1.82) is 0 Å². The van der Waals surface area contributed by atoms with E-state index in [0.29, 0.717) is 11.0 Å². The number of hydrogen-bond donors (Lipinski definition) is 2. The molecular formula is C20H13F3N2O6. The van der Waals surface area contributed by atoms with Gasteiger partial charge in [0.15, 0.2) is 6.61 Å². The number of anilines is 1. The molecule has 1 aliphatic heterocycles. The molecule has 8 nitrogen and oxygen atoms in total. The first-order valence-corrected chi connectivity index (χ1v) is 8.60. The average molecular weight is 434 g/mol. The Kier molecular flexibility index (Phi) is 5.77. The van der Waals surface area contributed by atoms with E-state index >= 15 is 0 Å². The molecule has 11 heteroatoms. The maximum absolute atomic E-state index is 13.0. The fraction of sp³-hybridized carbons (Fsp3) is 0.100. The molecule has 0 bridgehead atoms. The lowest BCUT2D eigenvalue weighted by Gasteiger charge is -2.27. The lowest BCUT2D eigenvalue weighted by atomic mass is 10.1. The molecule has 1 fully saturated rings. The van der Waals surface area contributed by atoms with Crippen LogP contribution in [0.25, 0.3) is 6.08 Å². The first kappa shape index (κ1) is 21.6. The van der Waals surface area contributed by atoms with E-state index in [4.69, 9.17) is 9.84 Å². The number of carbonyl (C=O) groups excluding carboxylic acids is 3. The number of halogens is 3. The van der Waals surface area contributed by atoms with Crippen LogP contribution in [0.5, 0.6) is 5.75 Å². The Balaban J connectivity index is 2.01. The fourth-order valence-corrected chi connectivity index (χ4v) is 2.74. The maximum Gasteiger partial charge on any atom is 0.416 e. The largest absolute Gasteiger partial charge is 0.481 e. The van der Waals surface area contributed by atoms with Crippen molar-refractivity contribution in [2.45, 2.75) is 6.18 Å². The summed E-state index contributed by atoms with van der Waals surface area (Å²) >= 11 is 0. The highest BCUT2D eigenvalue weighted by Crippen LogP contribution is 2.33. The number of carbonyl (C=O) groups is 4. The van der Waals surface area contributed by atoms with Crippen LogP contribution in [0.4, 0.5) is 23.7 Å². The predicted octanol–water partition coefficient (Wildman–Crippen LogP) is 2.84. The summed E-state index contributed by atoms with van der Waals surface area (Å²) in [5.41, 5.74) is -1.87. The van der Waals surface area contributed by atoms with Crippen LogP contribution in [0, 0.1) is 0 Å². The Morgan fingerprint density at radius 3 is 2.48 bits per heavy atom. The number of nitrogens with one attached hydrogen (secondary N) is 1. The number of carboxylic acid groups (broad SMARTS) is 1. The Hall–Kier alpha value is -4.15. The van der Waals surface area contributed by atoms with Crippen molar-refractivity contribution < 1.29 is 42.2 Å². The minimum Gasteiger partial charge on any atom is -0.481 e. The second kappa shape index (κ2) is 8.30. The number of urea groups is 1. The van der Waals surface area contributed by atoms with Crippen LogP contribution in [-0.4, -0.2) is 35.5 Å². The van der Waals surface area contributed by atoms with E-state index in [1.165, 1.54) is 24.3 Å². The van der Waals surface area contributed by atoms with Gasteiger partial charge >= 0.3 is 18.2 Å². The SMILES string of the molecule is O=C(O)COc1ccccc1/C=C1/C(=O)NC(=O)N(c2cccc(C(F)(F)F)c2)C1=O. The molecule has 1 aliphatic rings. The molecule has 2 aromatic rings. The summed E-state index contributed by atoms with van der Waals surface area (Å²) in [6.07, 6.45) is -3.65. The molecule has 3 rings (SSSR count). The molecule has 1 saturated heterocycles. The third kappa shape index (κ3) is 4.71. The van der Waals surface area contributed by atoms with Crippen LogP contribution in [0.2, 0.25) is 0 Å². The predicted molar refractivity (Wildman–Crippen MR) is 100 cm³/mol. The number of carboxylic acids is 1. The number of ether oxygens (including phenoxy) is 1. The van der Waals surface area contributed by atoms with Crippen molar-refractivity contribution in [1.82, 2.24) is 5.32 Å². The first-order chi connectivity index (χ1) is 14.6. The van der Waals surface area contributed by atoms with Crippen LogP contribution < -0.4 is 15.0 Å². The number of hydrogen-bond acceptors (Lipinski definition) is 5. The molecule has 0 aromatic heterocycles. The number of aliphatic carboxylic acids is 1. The van der Waals surface area contributed by atoms with Crippen molar-refractivity contribution in [3.8, 4) is 5.75 Å². The third-order valence-corrected chi connectivity index (χ3v) is 4.10. The van der Waals surface area contributed by atoms with Crippen LogP contribution in [0.3, 0.4) is 0 Å². The number of barbiturate groups is 1. The fourth-order valence-electron chi connectivity index (χ4n) is 2.74. The Morgan fingerprint density at radius 1 is 1.10 bits per heavy atom. The maximum atomic E-state index is 13.0. The average Bonchev–Trinajstić information content (AvgIpc) is 2.69. The van der Waals surface area contributed by atoms with Crippen LogP contribution in [-0.2, 0) is 20.6 Å². The molecule has 0 unspecified atom stereocenters. The number of nitrogens with zero attached hydrogens (tertiary/aromatic N) is 1. The van der Waals surface area contributed by atoms with Crippen LogP contribution in [0.15, 0.2) is 54.1 Å². The quantitative estimate of drug-likeness (QED) is 0.553. The summed E-state index contributed by atoms with van der Waals surface area (Å²) in [4.78, 5) is 48.4. The standard InChI is InChI=1S/C20H13F3N2O6/c21-20(22,23)12-5-3-6-13(9-12)25-18(29)14(17(28)24-19(25)30)8-11-4-1-2-7-15(11)31-10-16(26)27/h1-9H,10H2,(H,26,27)(H,24,28,30)/b14-8-. The highest BCUT2D eigenvalue weighted by molar-refractivity contribution is 6.39. The number of amides is 4. The van der Waals surface area contributed by atoms with E-state index in [2.05, 4.69) is 0 Å². The van der Waals surface area contributed by atoms with Crippen molar-refractivity contribution in [2.24, 2.45) is 0 Å². The van der Waals surface area contributed by atoms with Gasteiger partial charge in [0.25, 0.3) is 11.8 Å². The van der Waals surface area contributed by atoms with Crippen molar-refractivity contribution in [2.75, 3.05) is 11.5 Å². The number of imide groups is 2. The Bertz CT molecular complexity index is 1110. The topological polar surface area (TPSA) is 113 Å². The van der Waals surface area contributed by atoms with Gasteiger partial charge in [-0.15, -0.1) is 0 Å². The smallest absolute Gasteiger partial charge is 0.416 e. The van der Waals surface area contributed by atoms with Gasteiger partial charge in [-0.25, -0.2) is 14.5 Å². The van der Waals surface area contributed by atoms with Crippen LogP contribution in [0.1, 0.15) is 11.1 Å². The van der Waals surface area contributed by atoms with Gasteiger partial charge < -0.3 is 9.84 Å². The van der Waals surface area contributed by atoms with Crippen molar-refractivity contribution in [3.63, 3.8) is 0 Å². The van der Waals surface area contributed by atoms with Gasteiger partial charge in [0.1, 0.15) is 11.3 Å². The number of para-hydroxylation sites is 1. The van der Waals surface area contributed by atoms with Crippen LogP contribution >= 0.6 is 0 Å². The number of benzene rings is 2. The highest BCUT2D eigenvalue weighted by Gasteiger charge is 2.38. The Labute approximate surface area is 172 Å². The summed E-state index contributed by atoms with van der Waals surface area (Å²) < 4.78 is 44.1. The number of rotatable bonds is 5. The number of alkyl halides is 3. The van der Waals surface area contributed by atoms with Gasteiger partial charge in [0.05, 0.1) is 11.3 Å². The molecule has 31 heavy (non-hydrogen) atoms. The summed E-state index contributed by atoms with van der Waals surface area (Å²) in [7, 11) is 0. The Morgan fingerprint density at radius 2 is 1.81 bits per heavy atom. The minimum absolute atomic E-state index is 0.0421. The van der Waals surface area contributed by atoms with Gasteiger partial charge in [-0.3, -0.25) is 14.9 Å². The molecule has 1 heterocycles. The van der Waals surface area contributed by atoms with Gasteiger partial charge in [0, 0.05) is 5.56 Å². The lowest BCUT2D eigenvalue weighted by Crippen LogP contribution is -2.54.